The second-order valence-electron chi connectivity index (χ2n) is 7.51. The van der Waals surface area contributed by atoms with Crippen LogP contribution in [0.4, 0.5) is 0 Å². The summed E-state index contributed by atoms with van der Waals surface area (Å²) in [6.07, 6.45) is 13.6. The maximum atomic E-state index is 12.8. The molecule has 0 unspecified atom stereocenters. The lowest BCUT2D eigenvalue weighted by Gasteiger charge is -2.40. The largest absolute Gasteiger partial charge is 0.379 e. The molecule has 1 aliphatic heterocycles. The van der Waals surface area contributed by atoms with Crippen molar-refractivity contribution in [3.63, 3.8) is 0 Å². The Balaban J connectivity index is 1.46. The topological polar surface area (TPSA) is 78.4 Å². The molecule has 3 rings (SSSR count). The van der Waals surface area contributed by atoms with Crippen molar-refractivity contribution < 1.29 is 9.90 Å². The summed E-state index contributed by atoms with van der Waals surface area (Å²) in [6.45, 7) is 2.60. The van der Waals surface area contributed by atoms with Crippen molar-refractivity contribution >= 4 is 5.91 Å². The van der Waals surface area contributed by atoms with Crippen LogP contribution in [0.5, 0.6) is 0 Å². The van der Waals surface area contributed by atoms with Gasteiger partial charge in [0.15, 0.2) is 5.60 Å². The van der Waals surface area contributed by atoms with Crippen LogP contribution in [0.2, 0.25) is 0 Å². The number of carbonyl (C=O) groups is 1. The normalized spacial score (nSPS) is 25.3. The van der Waals surface area contributed by atoms with Crippen molar-refractivity contribution in [3.05, 3.63) is 24.3 Å². The van der Waals surface area contributed by atoms with Crippen LogP contribution in [-0.2, 0) is 11.2 Å². The van der Waals surface area contributed by atoms with Crippen LogP contribution < -0.4 is 5.32 Å². The summed E-state index contributed by atoms with van der Waals surface area (Å²) in [5.74, 6) is 0.529. The standard InChI is InChI=1S/C19H30N4O2/c24-18-19(25,15-21-9-7-17-13-20-10-11-22-17)8-4-12-23(18)14-16-5-2-1-3-6-16/h10-11,13,16,21,25H,1-9,12,14-15H2/t19-/m0/s1. The van der Waals surface area contributed by atoms with Crippen LogP contribution in [0, 0.1) is 5.92 Å². The number of amides is 1. The molecule has 1 atom stereocenters. The van der Waals surface area contributed by atoms with Gasteiger partial charge in [0.2, 0.25) is 0 Å². The first-order valence-electron chi connectivity index (χ1n) is 9.65. The number of nitrogens with zero attached hydrogens (tertiary/aromatic N) is 3. The molecular formula is C19H30N4O2. The Bertz CT molecular complexity index is 548. The molecule has 0 radical (unpaired) electrons. The fraction of sp³-hybridized carbons (Fsp3) is 0.737. The van der Waals surface area contributed by atoms with Gasteiger partial charge in [-0.05, 0) is 31.6 Å². The molecule has 6 nitrogen and oxygen atoms in total. The van der Waals surface area contributed by atoms with Gasteiger partial charge in [0, 0.05) is 51.2 Å². The van der Waals surface area contributed by atoms with E-state index >= 15 is 0 Å². The Morgan fingerprint density at radius 1 is 1.24 bits per heavy atom. The molecule has 138 valence electrons. The maximum absolute atomic E-state index is 12.8. The molecule has 1 aromatic heterocycles. The van der Waals surface area contributed by atoms with Crippen LogP contribution in [0.1, 0.15) is 50.6 Å². The molecule has 2 heterocycles. The first kappa shape index (κ1) is 18.3. The molecule has 1 aliphatic carbocycles. The van der Waals surface area contributed by atoms with E-state index < -0.39 is 5.60 Å². The van der Waals surface area contributed by atoms with E-state index in [1.165, 1.54) is 32.1 Å². The highest BCUT2D eigenvalue weighted by atomic mass is 16.3. The van der Waals surface area contributed by atoms with Crippen molar-refractivity contribution in [2.45, 2.75) is 57.0 Å². The second kappa shape index (κ2) is 8.72. The molecule has 2 N–H and O–H groups in total. The summed E-state index contributed by atoms with van der Waals surface area (Å²) in [7, 11) is 0. The predicted molar refractivity (Wildman–Crippen MR) is 95.9 cm³/mol. The smallest absolute Gasteiger partial charge is 0.255 e. The van der Waals surface area contributed by atoms with Gasteiger partial charge in [-0.25, -0.2) is 0 Å². The molecular weight excluding hydrogens is 316 g/mol. The van der Waals surface area contributed by atoms with Crippen molar-refractivity contribution in [3.8, 4) is 0 Å². The van der Waals surface area contributed by atoms with Crippen molar-refractivity contribution in [1.29, 1.82) is 0 Å². The first-order chi connectivity index (χ1) is 12.2. The zero-order valence-corrected chi connectivity index (χ0v) is 15.0. The van der Waals surface area contributed by atoms with Crippen LogP contribution in [0.15, 0.2) is 18.6 Å². The van der Waals surface area contributed by atoms with Crippen molar-refractivity contribution in [2.24, 2.45) is 5.92 Å². The predicted octanol–water partition coefficient (Wildman–Crippen LogP) is 1.54. The second-order valence-corrected chi connectivity index (χ2v) is 7.51. The van der Waals surface area contributed by atoms with Gasteiger partial charge in [0.05, 0.1) is 5.69 Å². The van der Waals surface area contributed by atoms with Crippen LogP contribution in [-0.4, -0.2) is 57.7 Å². The number of aliphatic hydroxyl groups is 1. The van der Waals surface area contributed by atoms with Crippen LogP contribution in [0.3, 0.4) is 0 Å². The molecule has 6 heteroatoms. The summed E-state index contributed by atoms with van der Waals surface area (Å²) >= 11 is 0. The number of piperidine rings is 1. The zero-order chi connectivity index (χ0) is 17.5. The molecule has 25 heavy (non-hydrogen) atoms. The monoisotopic (exact) mass is 346 g/mol. The van der Waals surface area contributed by atoms with E-state index in [0.717, 1.165) is 31.6 Å². The van der Waals surface area contributed by atoms with Crippen LogP contribution >= 0.6 is 0 Å². The van der Waals surface area contributed by atoms with E-state index in [1.54, 1.807) is 18.6 Å². The third kappa shape index (κ3) is 4.98. The van der Waals surface area contributed by atoms with Gasteiger partial charge in [-0.2, -0.15) is 0 Å². The molecule has 0 aromatic carbocycles. The number of rotatable bonds is 7. The van der Waals surface area contributed by atoms with Crippen LogP contribution in [0.25, 0.3) is 0 Å². The van der Waals surface area contributed by atoms with Gasteiger partial charge in [0.25, 0.3) is 5.91 Å². The summed E-state index contributed by atoms with van der Waals surface area (Å²) in [6, 6.07) is 0. The number of likely N-dealkylation sites (tertiary alicyclic amines) is 1. The Morgan fingerprint density at radius 2 is 2.08 bits per heavy atom. The highest BCUT2D eigenvalue weighted by Gasteiger charge is 2.42. The Hall–Kier alpha value is -1.53. The van der Waals surface area contributed by atoms with Crippen molar-refractivity contribution in [2.75, 3.05) is 26.2 Å². The Kier molecular flexibility index (Phi) is 6.37. The minimum atomic E-state index is -1.25. The van der Waals surface area contributed by atoms with Gasteiger partial charge in [-0.3, -0.25) is 14.8 Å². The number of aromatic nitrogens is 2. The molecule has 2 aliphatic rings. The van der Waals surface area contributed by atoms with E-state index in [0.29, 0.717) is 25.4 Å². The number of hydrogen-bond acceptors (Lipinski definition) is 5. The van der Waals surface area contributed by atoms with Gasteiger partial charge in [-0.15, -0.1) is 0 Å². The van der Waals surface area contributed by atoms with E-state index in [9.17, 15) is 9.90 Å². The molecule has 1 aromatic rings. The molecule has 1 saturated carbocycles. The number of hydrogen-bond donors (Lipinski definition) is 2. The SMILES string of the molecule is O=C1N(CC2CCCCC2)CCC[C@]1(O)CNCCc1cnccn1. The van der Waals surface area contributed by atoms with E-state index in [-0.39, 0.29) is 5.91 Å². The Labute approximate surface area is 150 Å². The highest BCUT2D eigenvalue weighted by molar-refractivity contribution is 5.86. The lowest BCUT2D eigenvalue weighted by Crippen LogP contribution is -2.58. The fourth-order valence-corrected chi connectivity index (χ4v) is 4.06. The highest BCUT2D eigenvalue weighted by Crippen LogP contribution is 2.28. The third-order valence-corrected chi connectivity index (χ3v) is 5.50. The minimum absolute atomic E-state index is 0.0867. The lowest BCUT2D eigenvalue weighted by atomic mass is 9.86. The van der Waals surface area contributed by atoms with Gasteiger partial charge < -0.3 is 15.3 Å². The summed E-state index contributed by atoms with van der Waals surface area (Å²) < 4.78 is 0. The quantitative estimate of drug-likeness (QED) is 0.732. The lowest BCUT2D eigenvalue weighted by molar-refractivity contribution is -0.157. The molecule has 0 spiro atoms. The van der Waals surface area contributed by atoms with E-state index in [1.807, 2.05) is 4.90 Å². The van der Waals surface area contributed by atoms with Gasteiger partial charge >= 0.3 is 0 Å². The summed E-state index contributed by atoms with van der Waals surface area (Å²) in [5, 5.41) is 14.1. The summed E-state index contributed by atoms with van der Waals surface area (Å²) in [4.78, 5) is 23.0. The molecule has 0 bridgehead atoms. The average Bonchev–Trinajstić information content (AvgIpc) is 2.65. The molecule has 2 fully saturated rings. The number of nitrogens with one attached hydrogen (secondary N) is 1. The van der Waals surface area contributed by atoms with E-state index in [2.05, 4.69) is 15.3 Å². The average molecular weight is 346 g/mol. The minimum Gasteiger partial charge on any atom is -0.379 e. The fourth-order valence-electron chi connectivity index (χ4n) is 4.06. The molecule has 1 saturated heterocycles. The summed E-state index contributed by atoms with van der Waals surface area (Å²) in [5.41, 5.74) is -0.342. The first-order valence-corrected chi connectivity index (χ1v) is 9.65. The van der Waals surface area contributed by atoms with Gasteiger partial charge in [0.1, 0.15) is 0 Å². The third-order valence-electron chi connectivity index (χ3n) is 5.50. The van der Waals surface area contributed by atoms with E-state index in [4.69, 9.17) is 0 Å². The number of carbonyl (C=O) groups excluding carboxylic acids is 1. The zero-order valence-electron chi connectivity index (χ0n) is 15.0. The molecule has 1 amide bonds. The van der Waals surface area contributed by atoms with Crippen molar-refractivity contribution in [1.82, 2.24) is 20.2 Å². The van der Waals surface area contributed by atoms with Gasteiger partial charge in [-0.1, -0.05) is 19.3 Å². The maximum Gasteiger partial charge on any atom is 0.255 e. The Morgan fingerprint density at radius 3 is 2.84 bits per heavy atom.